The van der Waals surface area contributed by atoms with Crippen LogP contribution in [0, 0.1) is 20.2 Å². The Bertz CT molecular complexity index is 1590. The Kier molecular flexibility index (Phi) is 6.01. The summed E-state index contributed by atoms with van der Waals surface area (Å²) in [5.41, 5.74) is 4.68. The fraction of sp³-hybridized carbons (Fsp3) is 0.138. The average molecular weight is 523 g/mol. The van der Waals surface area contributed by atoms with E-state index in [1.54, 1.807) is 31.4 Å². The van der Waals surface area contributed by atoms with Crippen molar-refractivity contribution in [2.75, 3.05) is 12.0 Å². The molecule has 2 heterocycles. The first-order chi connectivity index (χ1) is 18.9. The summed E-state index contributed by atoms with van der Waals surface area (Å²) in [6, 6.07) is 27.6. The highest BCUT2D eigenvalue weighted by atomic mass is 16.6. The number of anilines is 1. The SMILES string of the molecule is COc1ccc(C2=Nc3ccccc3N3C2OC(c2ccc([N+](=O)[O-])cc2)C3c2ccc([N+](=O)[O-])cc2)cc1. The zero-order valence-corrected chi connectivity index (χ0v) is 20.7. The molecule has 0 spiro atoms. The summed E-state index contributed by atoms with van der Waals surface area (Å²) in [6.07, 6.45) is -1.14. The number of nitro benzene ring substituents is 2. The van der Waals surface area contributed by atoms with Crippen molar-refractivity contribution in [2.24, 2.45) is 4.99 Å². The predicted octanol–water partition coefficient (Wildman–Crippen LogP) is 6.29. The third-order valence-corrected chi connectivity index (χ3v) is 7.01. The Morgan fingerprint density at radius 1 is 0.795 bits per heavy atom. The van der Waals surface area contributed by atoms with Gasteiger partial charge in [-0.3, -0.25) is 20.2 Å². The molecule has 0 bridgehead atoms. The highest BCUT2D eigenvalue weighted by Crippen LogP contribution is 2.52. The number of para-hydroxylation sites is 2. The first-order valence-electron chi connectivity index (χ1n) is 12.2. The zero-order valence-electron chi connectivity index (χ0n) is 20.7. The minimum absolute atomic E-state index is 0.0133. The number of methoxy groups -OCH3 is 1. The lowest BCUT2D eigenvalue weighted by molar-refractivity contribution is -0.385. The molecule has 0 saturated carbocycles. The summed E-state index contributed by atoms with van der Waals surface area (Å²) in [5.74, 6) is 0.715. The number of rotatable bonds is 6. The lowest BCUT2D eigenvalue weighted by atomic mass is 9.93. The minimum atomic E-state index is -0.589. The van der Waals surface area contributed by atoms with E-state index in [9.17, 15) is 20.2 Å². The van der Waals surface area contributed by atoms with Crippen LogP contribution in [0.15, 0.2) is 102 Å². The van der Waals surface area contributed by atoms with Gasteiger partial charge >= 0.3 is 0 Å². The lowest BCUT2D eigenvalue weighted by Crippen LogP contribution is -2.41. The Hall–Kier alpha value is -5.09. The molecule has 0 radical (unpaired) electrons. The number of fused-ring (bicyclic) bond motifs is 3. The number of hydrogen-bond donors (Lipinski definition) is 0. The highest BCUT2D eigenvalue weighted by Gasteiger charge is 2.48. The van der Waals surface area contributed by atoms with E-state index in [0.29, 0.717) is 11.5 Å². The number of non-ortho nitro benzene ring substituents is 2. The van der Waals surface area contributed by atoms with Gasteiger partial charge in [0.25, 0.3) is 11.4 Å². The third-order valence-electron chi connectivity index (χ3n) is 7.01. The Morgan fingerprint density at radius 2 is 1.38 bits per heavy atom. The molecule has 0 aliphatic carbocycles. The van der Waals surface area contributed by atoms with Crippen molar-refractivity contribution < 1.29 is 19.3 Å². The van der Waals surface area contributed by atoms with Crippen LogP contribution in [0.2, 0.25) is 0 Å². The maximum atomic E-state index is 11.3. The van der Waals surface area contributed by atoms with Gasteiger partial charge in [0.2, 0.25) is 0 Å². The van der Waals surface area contributed by atoms with Crippen molar-refractivity contribution in [3.05, 3.63) is 134 Å². The monoisotopic (exact) mass is 522 g/mol. The smallest absolute Gasteiger partial charge is 0.269 e. The molecule has 0 amide bonds. The van der Waals surface area contributed by atoms with Gasteiger partial charge in [0.15, 0.2) is 6.23 Å². The van der Waals surface area contributed by atoms with Crippen molar-refractivity contribution in [1.82, 2.24) is 0 Å². The van der Waals surface area contributed by atoms with Gasteiger partial charge in [0.1, 0.15) is 11.9 Å². The molecule has 39 heavy (non-hydrogen) atoms. The second kappa shape index (κ2) is 9.66. The highest BCUT2D eigenvalue weighted by molar-refractivity contribution is 6.09. The molecule has 10 nitrogen and oxygen atoms in total. The number of aliphatic imine (C=N–C) groups is 1. The Morgan fingerprint density at radius 3 is 1.97 bits per heavy atom. The van der Waals surface area contributed by atoms with Crippen LogP contribution < -0.4 is 9.64 Å². The molecule has 2 aliphatic heterocycles. The summed E-state index contributed by atoms with van der Waals surface area (Å²) < 4.78 is 12.1. The van der Waals surface area contributed by atoms with E-state index in [4.69, 9.17) is 14.5 Å². The molecule has 0 N–H and O–H groups in total. The number of benzene rings is 4. The van der Waals surface area contributed by atoms with E-state index in [2.05, 4.69) is 4.90 Å². The molecule has 2 aliphatic rings. The third kappa shape index (κ3) is 4.26. The van der Waals surface area contributed by atoms with Crippen LogP contribution in [-0.4, -0.2) is 28.9 Å². The van der Waals surface area contributed by atoms with Gasteiger partial charge in [-0.25, -0.2) is 4.99 Å². The molecule has 3 atom stereocenters. The number of nitrogens with zero attached hydrogens (tertiary/aromatic N) is 4. The second-order valence-electron chi connectivity index (χ2n) is 9.17. The molecule has 10 heteroatoms. The Labute approximate surface area is 223 Å². The van der Waals surface area contributed by atoms with E-state index >= 15 is 0 Å². The minimum Gasteiger partial charge on any atom is -0.497 e. The molecule has 3 unspecified atom stereocenters. The summed E-state index contributed by atoms with van der Waals surface area (Å²) in [4.78, 5) is 28.8. The summed E-state index contributed by atoms with van der Waals surface area (Å²) in [6.45, 7) is 0. The molecule has 6 rings (SSSR count). The summed E-state index contributed by atoms with van der Waals surface area (Å²) in [7, 11) is 1.61. The van der Waals surface area contributed by atoms with Crippen LogP contribution >= 0.6 is 0 Å². The topological polar surface area (TPSA) is 120 Å². The largest absolute Gasteiger partial charge is 0.497 e. The van der Waals surface area contributed by atoms with Crippen molar-refractivity contribution >= 4 is 28.5 Å². The number of hydrogen-bond acceptors (Lipinski definition) is 8. The van der Waals surface area contributed by atoms with Crippen molar-refractivity contribution in [3.63, 3.8) is 0 Å². The van der Waals surface area contributed by atoms with E-state index in [0.717, 1.165) is 28.1 Å². The second-order valence-corrected chi connectivity index (χ2v) is 9.17. The summed E-state index contributed by atoms with van der Waals surface area (Å²) in [5, 5.41) is 22.6. The van der Waals surface area contributed by atoms with Gasteiger partial charge in [-0.15, -0.1) is 0 Å². The molecule has 4 aromatic carbocycles. The van der Waals surface area contributed by atoms with Crippen molar-refractivity contribution in [1.29, 1.82) is 0 Å². The van der Waals surface area contributed by atoms with Crippen molar-refractivity contribution in [3.8, 4) is 5.75 Å². The first kappa shape index (κ1) is 24.3. The van der Waals surface area contributed by atoms with E-state index in [-0.39, 0.29) is 11.4 Å². The van der Waals surface area contributed by atoms with Gasteiger partial charge in [0.05, 0.1) is 40.1 Å². The van der Waals surface area contributed by atoms with Crippen LogP contribution in [0.1, 0.15) is 28.8 Å². The van der Waals surface area contributed by atoms with Crippen LogP contribution in [0.25, 0.3) is 0 Å². The molecule has 1 fully saturated rings. The fourth-order valence-electron chi connectivity index (χ4n) is 5.15. The van der Waals surface area contributed by atoms with Crippen molar-refractivity contribution in [2.45, 2.75) is 18.4 Å². The van der Waals surface area contributed by atoms with Gasteiger partial charge in [0, 0.05) is 29.8 Å². The standard InChI is InChI=1S/C29H22N4O6/c1-38-23-16-10-18(11-17-23)26-29-31(25-5-3-2-4-24(25)30-26)27(19-6-12-21(13-7-19)32(34)35)28(39-29)20-8-14-22(15-9-20)33(36)37/h2-17,27-29H,1H3. The quantitative estimate of drug-likeness (QED) is 0.215. The van der Waals surface area contributed by atoms with Gasteiger partial charge in [-0.2, -0.15) is 0 Å². The number of nitro groups is 2. The fourth-order valence-corrected chi connectivity index (χ4v) is 5.15. The molecular formula is C29H22N4O6. The first-order valence-corrected chi connectivity index (χ1v) is 12.2. The van der Waals surface area contributed by atoms with Crippen LogP contribution in [-0.2, 0) is 4.74 Å². The van der Waals surface area contributed by atoms with Crippen LogP contribution in [0.4, 0.5) is 22.7 Å². The maximum Gasteiger partial charge on any atom is 0.269 e. The normalized spacial score (nSPS) is 19.6. The lowest BCUT2D eigenvalue weighted by Gasteiger charge is -2.35. The van der Waals surface area contributed by atoms with Crippen LogP contribution in [0.5, 0.6) is 5.75 Å². The average Bonchev–Trinajstić information content (AvgIpc) is 3.38. The van der Waals surface area contributed by atoms with E-state index < -0.39 is 28.2 Å². The maximum absolute atomic E-state index is 11.3. The summed E-state index contributed by atoms with van der Waals surface area (Å²) >= 11 is 0. The molecule has 4 aromatic rings. The van der Waals surface area contributed by atoms with Gasteiger partial charge in [-0.05, 0) is 59.7 Å². The van der Waals surface area contributed by atoms with E-state index in [1.807, 2.05) is 48.5 Å². The van der Waals surface area contributed by atoms with Gasteiger partial charge in [-0.1, -0.05) is 24.3 Å². The van der Waals surface area contributed by atoms with Crippen LogP contribution in [0.3, 0.4) is 0 Å². The van der Waals surface area contributed by atoms with E-state index in [1.165, 1.54) is 24.3 Å². The number of ether oxygens (including phenoxy) is 2. The molecular weight excluding hydrogens is 500 g/mol. The predicted molar refractivity (Wildman–Crippen MR) is 145 cm³/mol. The molecule has 194 valence electrons. The Balaban J connectivity index is 1.51. The molecule has 1 saturated heterocycles. The molecule has 0 aromatic heterocycles. The van der Waals surface area contributed by atoms with Gasteiger partial charge < -0.3 is 14.4 Å². The zero-order chi connectivity index (χ0) is 27.1.